The number of carbonyl (C=O) groups excluding carboxylic acids is 2. The highest BCUT2D eigenvalue weighted by Gasteiger charge is 2.17. The third-order valence-corrected chi connectivity index (χ3v) is 2.61. The summed E-state index contributed by atoms with van der Waals surface area (Å²) in [7, 11) is 0. The van der Waals surface area contributed by atoms with Gasteiger partial charge in [-0.05, 0) is 25.0 Å². The van der Waals surface area contributed by atoms with E-state index < -0.39 is 16.9 Å². The lowest BCUT2D eigenvalue weighted by atomic mass is 10.3. The average Bonchev–Trinajstić information content (AvgIpc) is 2.57. The second-order valence-corrected chi connectivity index (χ2v) is 4.67. The summed E-state index contributed by atoms with van der Waals surface area (Å²) in [6.07, 6.45) is 2.14. The van der Waals surface area contributed by atoms with Crippen molar-refractivity contribution >= 4 is 17.6 Å². The molecule has 0 saturated heterocycles. The second-order valence-electron chi connectivity index (χ2n) is 4.67. The number of nitrogens with zero attached hydrogens (tertiary/aromatic N) is 1. The zero-order valence-corrected chi connectivity index (χ0v) is 13.5. The molecule has 1 rings (SSSR count). The first-order valence-electron chi connectivity index (χ1n) is 7.45. The molecule has 8 nitrogen and oxygen atoms in total. The molecule has 0 unspecified atom stereocenters. The van der Waals surface area contributed by atoms with Gasteiger partial charge in [0.25, 0.3) is 5.69 Å². The van der Waals surface area contributed by atoms with Gasteiger partial charge in [0.05, 0.1) is 24.2 Å². The lowest BCUT2D eigenvalue weighted by Crippen LogP contribution is -2.16. The Labute approximate surface area is 139 Å². The lowest BCUT2D eigenvalue weighted by Gasteiger charge is -2.09. The topological polar surface area (TPSA) is 105 Å². The fourth-order valence-corrected chi connectivity index (χ4v) is 1.51. The number of non-ortho nitro benzene ring substituents is 1. The van der Waals surface area contributed by atoms with Gasteiger partial charge in [-0.25, -0.2) is 9.59 Å². The fraction of sp³-hybridized carbons (Fsp3) is 0.375. The molecule has 0 radical (unpaired) electrons. The van der Waals surface area contributed by atoms with Gasteiger partial charge in [-0.15, -0.1) is 0 Å². The molecule has 1 aromatic carbocycles. The van der Waals surface area contributed by atoms with Crippen LogP contribution in [-0.2, 0) is 19.1 Å². The first-order chi connectivity index (χ1) is 11.5. The maximum absolute atomic E-state index is 12.0. The summed E-state index contributed by atoms with van der Waals surface area (Å²) in [6.45, 7) is 4.04. The summed E-state index contributed by atoms with van der Waals surface area (Å²) >= 11 is 0. The van der Waals surface area contributed by atoms with Crippen LogP contribution in [0.2, 0.25) is 0 Å². The van der Waals surface area contributed by atoms with E-state index in [-0.39, 0.29) is 30.4 Å². The number of nitro groups is 1. The van der Waals surface area contributed by atoms with Crippen LogP contribution in [0.4, 0.5) is 5.69 Å². The van der Waals surface area contributed by atoms with Gasteiger partial charge in [-0.2, -0.15) is 0 Å². The maximum Gasteiger partial charge on any atom is 0.374 e. The molecule has 0 fully saturated rings. The van der Waals surface area contributed by atoms with Crippen molar-refractivity contribution in [2.75, 3.05) is 13.2 Å². The number of hydrogen-bond donors (Lipinski definition) is 0. The highest BCUT2D eigenvalue weighted by Crippen LogP contribution is 2.20. The van der Waals surface area contributed by atoms with Crippen molar-refractivity contribution < 1.29 is 28.7 Å². The molecule has 1 aromatic rings. The van der Waals surface area contributed by atoms with E-state index in [0.717, 1.165) is 6.08 Å². The van der Waals surface area contributed by atoms with Gasteiger partial charge in [0.15, 0.2) is 0 Å². The Morgan fingerprint density at radius 1 is 1.08 bits per heavy atom. The summed E-state index contributed by atoms with van der Waals surface area (Å²) in [4.78, 5) is 33.7. The van der Waals surface area contributed by atoms with Crippen molar-refractivity contribution in [1.82, 2.24) is 0 Å². The van der Waals surface area contributed by atoms with Gasteiger partial charge in [0.2, 0.25) is 5.76 Å². The number of rotatable bonds is 9. The van der Waals surface area contributed by atoms with Gasteiger partial charge in [-0.3, -0.25) is 10.1 Å². The third kappa shape index (κ3) is 6.47. The first kappa shape index (κ1) is 19.1. The normalized spacial score (nSPS) is 10.8. The van der Waals surface area contributed by atoms with Gasteiger partial charge in [-0.1, -0.05) is 13.8 Å². The van der Waals surface area contributed by atoms with Gasteiger partial charge in [0, 0.05) is 12.1 Å². The molecule has 0 heterocycles. The average molecular weight is 337 g/mol. The molecule has 0 N–H and O–H groups in total. The van der Waals surface area contributed by atoms with Crippen LogP contribution in [0.1, 0.15) is 26.7 Å². The van der Waals surface area contributed by atoms with E-state index in [0.29, 0.717) is 12.8 Å². The van der Waals surface area contributed by atoms with E-state index in [2.05, 4.69) is 0 Å². The van der Waals surface area contributed by atoms with Crippen molar-refractivity contribution in [3.05, 3.63) is 46.2 Å². The highest BCUT2D eigenvalue weighted by atomic mass is 16.6. The van der Waals surface area contributed by atoms with Gasteiger partial charge >= 0.3 is 11.9 Å². The molecule has 0 spiro atoms. The van der Waals surface area contributed by atoms with Gasteiger partial charge in [0.1, 0.15) is 5.75 Å². The number of hydrogen-bond acceptors (Lipinski definition) is 7. The number of esters is 2. The van der Waals surface area contributed by atoms with Crippen molar-refractivity contribution in [2.45, 2.75) is 26.7 Å². The quantitative estimate of drug-likeness (QED) is 0.224. The Morgan fingerprint density at radius 3 is 2.21 bits per heavy atom. The number of ether oxygens (including phenoxy) is 3. The summed E-state index contributed by atoms with van der Waals surface area (Å²) in [5, 5.41) is 10.6. The van der Waals surface area contributed by atoms with Crippen molar-refractivity contribution in [3.63, 3.8) is 0 Å². The molecule has 0 bridgehead atoms. The Balaban J connectivity index is 2.91. The SMILES string of the molecule is CCCOC(=O)/C=C(\Oc1ccc([N+](=O)[O-])cc1)C(=O)OCCC. The molecule has 130 valence electrons. The predicted octanol–water partition coefficient (Wildman–Crippen LogP) is 2.76. The van der Waals surface area contributed by atoms with E-state index in [1.54, 1.807) is 0 Å². The molecule has 0 aromatic heterocycles. The van der Waals surface area contributed by atoms with E-state index >= 15 is 0 Å². The molecule has 24 heavy (non-hydrogen) atoms. The number of nitro benzene ring substituents is 1. The Morgan fingerprint density at radius 2 is 1.67 bits per heavy atom. The smallest absolute Gasteiger partial charge is 0.374 e. The Bertz CT molecular complexity index is 607. The van der Waals surface area contributed by atoms with Crippen molar-refractivity contribution in [1.29, 1.82) is 0 Å². The number of benzene rings is 1. The minimum Gasteiger partial charge on any atom is -0.462 e. The van der Waals surface area contributed by atoms with Crippen LogP contribution in [0.5, 0.6) is 5.75 Å². The minimum atomic E-state index is -0.816. The molecule has 0 amide bonds. The third-order valence-electron chi connectivity index (χ3n) is 2.61. The maximum atomic E-state index is 12.0. The standard InChI is InChI=1S/C16H19NO7/c1-3-9-22-15(18)11-14(16(19)23-10-4-2)24-13-7-5-12(6-8-13)17(20)21/h5-8,11H,3-4,9-10H2,1-2H3/b14-11-. The van der Waals surface area contributed by atoms with Crippen molar-refractivity contribution in [2.24, 2.45) is 0 Å². The monoisotopic (exact) mass is 337 g/mol. The second kappa shape index (κ2) is 9.98. The minimum absolute atomic E-state index is 0.121. The Hall–Kier alpha value is -2.90. The first-order valence-corrected chi connectivity index (χ1v) is 7.45. The summed E-state index contributed by atoms with van der Waals surface area (Å²) in [6, 6.07) is 5.08. The lowest BCUT2D eigenvalue weighted by molar-refractivity contribution is -0.384. The van der Waals surface area contributed by atoms with Crippen LogP contribution in [0.3, 0.4) is 0 Å². The van der Waals surface area contributed by atoms with Crippen LogP contribution >= 0.6 is 0 Å². The van der Waals surface area contributed by atoms with Crippen LogP contribution in [0.25, 0.3) is 0 Å². The zero-order valence-electron chi connectivity index (χ0n) is 13.5. The van der Waals surface area contributed by atoms with E-state index in [9.17, 15) is 19.7 Å². The molecule has 0 aliphatic heterocycles. The fourth-order valence-electron chi connectivity index (χ4n) is 1.51. The van der Waals surface area contributed by atoms with Crippen molar-refractivity contribution in [3.8, 4) is 5.75 Å². The molecule has 0 aliphatic carbocycles. The summed E-state index contributed by atoms with van der Waals surface area (Å²) in [5.74, 6) is -1.74. The molecule has 0 aliphatic rings. The van der Waals surface area contributed by atoms with Crippen LogP contribution < -0.4 is 4.74 Å². The van der Waals surface area contributed by atoms with E-state index in [1.807, 2.05) is 13.8 Å². The highest BCUT2D eigenvalue weighted by molar-refractivity contribution is 5.95. The largest absolute Gasteiger partial charge is 0.462 e. The molecule has 0 atom stereocenters. The predicted molar refractivity (Wildman–Crippen MR) is 84.3 cm³/mol. The van der Waals surface area contributed by atoms with Gasteiger partial charge < -0.3 is 14.2 Å². The van der Waals surface area contributed by atoms with E-state index in [4.69, 9.17) is 14.2 Å². The van der Waals surface area contributed by atoms with Crippen LogP contribution in [0, 0.1) is 10.1 Å². The number of carbonyl (C=O) groups is 2. The van der Waals surface area contributed by atoms with E-state index in [1.165, 1.54) is 24.3 Å². The van der Waals surface area contributed by atoms with Crippen LogP contribution in [0.15, 0.2) is 36.1 Å². The molecule has 8 heteroatoms. The summed E-state index contributed by atoms with van der Waals surface area (Å²) < 4.78 is 15.1. The zero-order chi connectivity index (χ0) is 17.9. The Kier molecular flexibility index (Phi) is 7.97. The molecule has 0 saturated carbocycles. The molecular formula is C16H19NO7. The van der Waals surface area contributed by atoms with Crippen LogP contribution in [-0.4, -0.2) is 30.1 Å². The molecular weight excluding hydrogens is 318 g/mol. The summed E-state index contributed by atoms with van der Waals surface area (Å²) in [5.41, 5.74) is -0.121.